The summed E-state index contributed by atoms with van der Waals surface area (Å²) >= 11 is 6.22. The van der Waals surface area contributed by atoms with Gasteiger partial charge >= 0.3 is 0 Å². The number of hydrogen-bond acceptors (Lipinski definition) is 7. The molecule has 0 radical (unpaired) electrons. The van der Waals surface area contributed by atoms with Gasteiger partial charge in [-0.25, -0.2) is 0 Å². The Bertz CT molecular complexity index is 1060. The largest absolute Gasteiger partial charge is 0.431 e. The van der Waals surface area contributed by atoms with Crippen molar-refractivity contribution < 1.29 is 14.0 Å². The van der Waals surface area contributed by atoms with E-state index in [1.807, 2.05) is 14.0 Å². The molecular weight excluding hydrogens is 422 g/mol. The molecule has 2 amide bonds. The first-order valence-corrected chi connectivity index (χ1v) is 10.0. The average molecular weight is 446 g/mol. The molecule has 5 N–H and O–H groups in total. The molecular formula is C20H24ClN7O3. The number of nitrogens with one attached hydrogen (secondary N) is 3. The monoisotopic (exact) mass is 445 g/mol. The van der Waals surface area contributed by atoms with Crippen molar-refractivity contribution in [3.8, 4) is 11.1 Å². The first-order valence-electron chi connectivity index (χ1n) is 9.64. The molecule has 11 heteroatoms. The van der Waals surface area contributed by atoms with Gasteiger partial charge in [0.15, 0.2) is 5.69 Å². The van der Waals surface area contributed by atoms with E-state index in [2.05, 4.69) is 26.0 Å². The summed E-state index contributed by atoms with van der Waals surface area (Å²) in [5.41, 5.74) is 7.38. The quantitative estimate of drug-likeness (QED) is 0.395. The number of nitrogen functional groups attached to an aromatic ring is 1. The van der Waals surface area contributed by atoms with Crippen molar-refractivity contribution in [3.63, 3.8) is 0 Å². The van der Waals surface area contributed by atoms with Gasteiger partial charge in [0.2, 0.25) is 5.91 Å². The van der Waals surface area contributed by atoms with E-state index in [4.69, 9.17) is 21.8 Å². The van der Waals surface area contributed by atoms with Crippen LogP contribution < -0.4 is 21.7 Å². The van der Waals surface area contributed by atoms with E-state index < -0.39 is 5.91 Å². The number of benzene rings is 1. The number of amides is 2. The highest BCUT2D eigenvalue weighted by Gasteiger charge is 2.14. The van der Waals surface area contributed by atoms with E-state index in [1.54, 1.807) is 35.3 Å². The SMILES string of the molecule is CNCCC(C)NC(=O)Cn1cc(-c2ccc(Cl)c(NC(=O)c3coc(N)n3)c2)cn1. The molecule has 3 aromatic rings. The number of hydrogen-bond donors (Lipinski definition) is 4. The fourth-order valence-corrected chi connectivity index (χ4v) is 3.04. The van der Waals surface area contributed by atoms with Gasteiger partial charge in [-0.15, -0.1) is 0 Å². The van der Waals surface area contributed by atoms with Gasteiger partial charge in [0.05, 0.1) is 16.9 Å². The molecule has 1 unspecified atom stereocenters. The van der Waals surface area contributed by atoms with Crippen molar-refractivity contribution in [2.45, 2.75) is 25.9 Å². The summed E-state index contributed by atoms with van der Waals surface area (Å²) in [6.07, 6.45) is 5.40. The fourth-order valence-electron chi connectivity index (χ4n) is 2.88. The van der Waals surface area contributed by atoms with Crippen molar-refractivity contribution >= 4 is 35.1 Å². The second-order valence-electron chi connectivity index (χ2n) is 7.01. The van der Waals surface area contributed by atoms with E-state index in [9.17, 15) is 9.59 Å². The number of nitrogens with two attached hydrogens (primary N) is 1. The van der Waals surface area contributed by atoms with Crippen LogP contribution in [0.4, 0.5) is 11.7 Å². The minimum absolute atomic E-state index is 0.0433. The molecule has 0 spiro atoms. The molecule has 0 aliphatic carbocycles. The standard InChI is InChI=1S/C20H24ClN7O3/c1-12(5-6-23-2)25-18(29)10-28-9-14(8-24-28)13-3-4-15(21)16(7-13)26-19(30)17-11-31-20(22)27-17/h3-4,7-9,11-12,23H,5-6,10H2,1-2H3,(H2,22,27)(H,25,29)(H,26,30). The summed E-state index contributed by atoms with van der Waals surface area (Å²) in [6, 6.07) is 5.14. The number of nitrogens with zero attached hydrogens (tertiary/aromatic N) is 3. The Balaban J connectivity index is 1.67. The van der Waals surface area contributed by atoms with Gasteiger partial charge in [-0.1, -0.05) is 17.7 Å². The predicted molar refractivity (Wildman–Crippen MR) is 118 cm³/mol. The summed E-state index contributed by atoms with van der Waals surface area (Å²) in [6.45, 7) is 2.89. The number of oxazole rings is 1. The highest BCUT2D eigenvalue weighted by molar-refractivity contribution is 6.34. The molecule has 0 bridgehead atoms. The van der Waals surface area contributed by atoms with Gasteiger partial charge in [-0.05, 0) is 44.6 Å². The van der Waals surface area contributed by atoms with Crippen LogP contribution in [0, 0.1) is 0 Å². The summed E-state index contributed by atoms with van der Waals surface area (Å²) < 4.78 is 6.41. The second-order valence-corrected chi connectivity index (χ2v) is 7.41. The van der Waals surface area contributed by atoms with E-state index in [0.29, 0.717) is 10.7 Å². The zero-order valence-corrected chi connectivity index (χ0v) is 17.9. The Kier molecular flexibility index (Phi) is 7.27. The number of aromatic nitrogens is 3. The lowest BCUT2D eigenvalue weighted by Crippen LogP contribution is -2.36. The highest BCUT2D eigenvalue weighted by atomic mass is 35.5. The summed E-state index contributed by atoms with van der Waals surface area (Å²) in [5.74, 6) is -0.617. The lowest BCUT2D eigenvalue weighted by atomic mass is 10.1. The van der Waals surface area contributed by atoms with E-state index in [-0.39, 0.29) is 30.2 Å². The molecule has 3 rings (SSSR count). The summed E-state index contributed by atoms with van der Waals surface area (Å²) in [4.78, 5) is 28.3. The van der Waals surface area contributed by atoms with Gasteiger partial charge in [-0.2, -0.15) is 10.1 Å². The molecule has 10 nitrogen and oxygen atoms in total. The van der Waals surface area contributed by atoms with Crippen LogP contribution in [0.1, 0.15) is 23.8 Å². The van der Waals surface area contributed by atoms with Crippen molar-refractivity contribution in [3.05, 3.63) is 47.6 Å². The zero-order chi connectivity index (χ0) is 22.4. The Labute approximate surface area is 184 Å². The van der Waals surface area contributed by atoms with Crippen LogP contribution in [0.25, 0.3) is 11.1 Å². The van der Waals surface area contributed by atoms with Crippen molar-refractivity contribution in [2.75, 3.05) is 24.6 Å². The van der Waals surface area contributed by atoms with Crippen molar-refractivity contribution in [1.82, 2.24) is 25.4 Å². The third kappa shape index (κ3) is 6.06. The van der Waals surface area contributed by atoms with Crippen molar-refractivity contribution in [2.24, 2.45) is 0 Å². The molecule has 0 fully saturated rings. The number of anilines is 2. The van der Waals surface area contributed by atoms with Crippen LogP contribution in [0.3, 0.4) is 0 Å². The Morgan fingerprint density at radius 2 is 2.13 bits per heavy atom. The van der Waals surface area contributed by atoms with Gasteiger partial charge < -0.3 is 26.1 Å². The third-order valence-corrected chi connectivity index (χ3v) is 4.81. The average Bonchev–Trinajstić information content (AvgIpc) is 3.37. The normalized spacial score (nSPS) is 11.8. The first-order chi connectivity index (χ1) is 14.9. The Hall–Kier alpha value is -3.37. The molecule has 0 aliphatic rings. The number of rotatable bonds is 9. The van der Waals surface area contributed by atoms with Crippen LogP contribution in [0.15, 0.2) is 41.3 Å². The summed E-state index contributed by atoms with van der Waals surface area (Å²) in [5, 5.41) is 13.3. The highest BCUT2D eigenvalue weighted by Crippen LogP contribution is 2.29. The maximum Gasteiger partial charge on any atom is 0.292 e. The smallest absolute Gasteiger partial charge is 0.292 e. The maximum absolute atomic E-state index is 12.3. The lowest BCUT2D eigenvalue weighted by molar-refractivity contribution is -0.122. The minimum Gasteiger partial charge on any atom is -0.431 e. The van der Waals surface area contributed by atoms with Crippen LogP contribution in [-0.4, -0.2) is 46.2 Å². The van der Waals surface area contributed by atoms with Gasteiger partial charge in [0.25, 0.3) is 11.9 Å². The molecule has 2 aromatic heterocycles. The first kappa shape index (κ1) is 22.3. The third-order valence-electron chi connectivity index (χ3n) is 4.48. The molecule has 1 aromatic carbocycles. The lowest BCUT2D eigenvalue weighted by Gasteiger charge is -2.13. The van der Waals surface area contributed by atoms with Gasteiger partial charge in [0.1, 0.15) is 12.8 Å². The van der Waals surface area contributed by atoms with Crippen LogP contribution in [0.5, 0.6) is 0 Å². The van der Waals surface area contributed by atoms with Crippen LogP contribution >= 0.6 is 11.6 Å². The van der Waals surface area contributed by atoms with Gasteiger partial charge in [0, 0.05) is 17.8 Å². The Morgan fingerprint density at radius 3 is 2.84 bits per heavy atom. The van der Waals surface area contributed by atoms with Crippen molar-refractivity contribution in [1.29, 1.82) is 0 Å². The number of carbonyl (C=O) groups excluding carboxylic acids is 2. The molecule has 0 saturated carbocycles. The van der Waals surface area contributed by atoms with Crippen LogP contribution in [0.2, 0.25) is 5.02 Å². The summed E-state index contributed by atoms with van der Waals surface area (Å²) in [7, 11) is 1.87. The number of halogens is 1. The molecule has 1 atom stereocenters. The predicted octanol–water partition coefficient (Wildman–Crippen LogP) is 2.14. The maximum atomic E-state index is 12.3. The van der Waals surface area contributed by atoms with Crippen LogP contribution in [-0.2, 0) is 11.3 Å². The second kappa shape index (κ2) is 10.1. The van der Waals surface area contributed by atoms with Gasteiger partial charge in [-0.3, -0.25) is 14.3 Å². The molecule has 0 saturated heterocycles. The topological polar surface area (TPSA) is 140 Å². The Morgan fingerprint density at radius 1 is 1.32 bits per heavy atom. The van der Waals surface area contributed by atoms with E-state index >= 15 is 0 Å². The van der Waals surface area contributed by atoms with E-state index in [0.717, 1.165) is 30.4 Å². The molecule has 31 heavy (non-hydrogen) atoms. The molecule has 2 heterocycles. The number of carbonyl (C=O) groups is 2. The zero-order valence-electron chi connectivity index (χ0n) is 17.2. The van der Waals surface area contributed by atoms with E-state index in [1.165, 1.54) is 0 Å². The fraction of sp³-hybridized carbons (Fsp3) is 0.300. The molecule has 164 valence electrons. The minimum atomic E-state index is -0.501. The molecule has 0 aliphatic heterocycles.